The molecule has 0 aromatic heterocycles. The van der Waals surface area contributed by atoms with Crippen LogP contribution in [0.2, 0.25) is 5.02 Å². The standard InChI is InChI=1S/C16H18ClNOS/c17-14-4-8-16(9-5-14)19-10-1-11-20-12-13-2-6-15(18)7-3-13/h2-9H,1,10-12,18H2. The first-order valence-corrected chi connectivity index (χ1v) is 8.08. The van der Waals surface area contributed by atoms with Crippen molar-refractivity contribution in [1.29, 1.82) is 0 Å². The minimum Gasteiger partial charge on any atom is -0.494 e. The Bertz CT molecular complexity index is 464. The van der Waals surface area contributed by atoms with E-state index in [0.717, 1.165) is 41.0 Å². The zero-order valence-electron chi connectivity index (χ0n) is 11.2. The maximum absolute atomic E-state index is 5.82. The first-order valence-electron chi connectivity index (χ1n) is 6.54. The summed E-state index contributed by atoms with van der Waals surface area (Å²) in [6.07, 6.45) is 1.03. The van der Waals surface area contributed by atoms with E-state index in [4.69, 9.17) is 22.1 Å². The fraction of sp³-hybridized carbons (Fsp3) is 0.250. The first kappa shape index (κ1) is 15.1. The Morgan fingerprint density at radius 2 is 1.70 bits per heavy atom. The summed E-state index contributed by atoms with van der Waals surface area (Å²) in [6.45, 7) is 0.733. The summed E-state index contributed by atoms with van der Waals surface area (Å²) in [5.74, 6) is 2.97. The lowest BCUT2D eigenvalue weighted by Crippen LogP contribution is -1.98. The van der Waals surface area contributed by atoms with E-state index in [1.807, 2.05) is 48.2 Å². The molecule has 0 unspecified atom stereocenters. The monoisotopic (exact) mass is 307 g/mol. The normalized spacial score (nSPS) is 10.4. The average Bonchev–Trinajstić information content (AvgIpc) is 2.46. The van der Waals surface area contributed by atoms with Crippen molar-refractivity contribution in [2.75, 3.05) is 18.1 Å². The van der Waals surface area contributed by atoms with Crippen molar-refractivity contribution >= 4 is 29.1 Å². The Labute approximate surface area is 129 Å². The maximum atomic E-state index is 5.82. The fourth-order valence-corrected chi connectivity index (χ4v) is 2.71. The van der Waals surface area contributed by atoms with Crippen molar-refractivity contribution < 1.29 is 4.74 Å². The van der Waals surface area contributed by atoms with Crippen LogP contribution in [0.25, 0.3) is 0 Å². The van der Waals surface area contributed by atoms with Crippen LogP contribution in [-0.4, -0.2) is 12.4 Å². The number of hydrogen-bond donors (Lipinski definition) is 1. The lowest BCUT2D eigenvalue weighted by Gasteiger charge is -2.06. The third kappa shape index (κ3) is 5.35. The molecule has 0 saturated heterocycles. The Balaban J connectivity index is 1.57. The molecule has 0 aliphatic carbocycles. The highest BCUT2D eigenvalue weighted by molar-refractivity contribution is 7.98. The third-order valence-corrected chi connectivity index (χ3v) is 4.13. The number of ether oxygens (including phenoxy) is 1. The molecule has 2 aromatic carbocycles. The molecule has 106 valence electrons. The largest absolute Gasteiger partial charge is 0.494 e. The lowest BCUT2D eigenvalue weighted by molar-refractivity contribution is 0.318. The molecule has 0 heterocycles. The molecule has 0 atom stereocenters. The van der Waals surface area contributed by atoms with E-state index in [-0.39, 0.29) is 0 Å². The van der Waals surface area contributed by atoms with Crippen molar-refractivity contribution in [1.82, 2.24) is 0 Å². The first-order chi connectivity index (χ1) is 9.74. The molecule has 0 aliphatic rings. The van der Waals surface area contributed by atoms with Crippen LogP contribution in [0.15, 0.2) is 48.5 Å². The second-order valence-electron chi connectivity index (χ2n) is 4.45. The molecule has 2 aromatic rings. The quantitative estimate of drug-likeness (QED) is 0.598. The highest BCUT2D eigenvalue weighted by Crippen LogP contribution is 2.17. The second-order valence-corrected chi connectivity index (χ2v) is 5.99. The number of rotatable bonds is 7. The molecule has 0 amide bonds. The minimum atomic E-state index is 0.733. The van der Waals surface area contributed by atoms with Gasteiger partial charge in [-0.1, -0.05) is 23.7 Å². The number of benzene rings is 2. The fourth-order valence-electron chi connectivity index (χ4n) is 1.69. The van der Waals surface area contributed by atoms with Crippen LogP contribution in [0.3, 0.4) is 0 Å². The SMILES string of the molecule is Nc1ccc(CSCCCOc2ccc(Cl)cc2)cc1. The van der Waals surface area contributed by atoms with Gasteiger partial charge in [0, 0.05) is 16.5 Å². The number of nitrogens with two attached hydrogens (primary N) is 1. The van der Waals surface area contributed by atoms with E-state index >= 15 is 0 Å². The van der Waals surface area contributed by atoms with Crippen LogP contribution in [0.5, 0.6) is 5.75 Å². The van der Waals surface area contributed by atoms with Gasteiger partial charge in [-0.3, -0.25) is 0 Å². The molecule has 0 saturated carbocycles. The summed E-state index contributed by atoms with van der Waals surface area (Å²) in [6, 6.07) is 15.5. The zero-order valence-corrected chi connectivity index (χ0v) is 12.8. The molecule has 2 nitrogen and oxygen atoms in total. The van der Waals surface area contributed by atoms with Crippen molar-refractivity contribution in [2.45, 2.75) is 12.2 Å². The summed E-state index contributed by atoms with van der Waals surface area (Å²) in [7, 11) is 0. The zero-order chi connectivity index (χ0) is 14.2. The lowest BCUT2D eigenvalue weighted by atomic mass is 10.2. The third-order valence-electron chi connectivity index (χ3n) is 2.76. The van der Waals surface area contributed by atoms with Gasteiger partial charge < -0.3 is 10.5 Å². The van der Waals surface area contributed by atoms with Crippen molar-refractivity contribution in [3.63, 3.8) is 0 Å². The predicted octanol–water partition coefficient (Wildman–Crippen LogP) is 4.62. The van der Waals surface area contributed by atoms with Gasteiger partial charge in [-0.25, -0.2) is 0 Å². The summed E-state index contributed by atoms with van der Waals surface area (Å²) < 4.78 is 5.64. The van der Waals surface area contributed by atoms with Crippen LogP contribution in [0, 0.1) is 0 Å². The van der Waals surface area contributed by atoms with Crippen LogP contribution in [-0.2, 0) is 5.75 Å². The minimum absolute atomic E-state index is 0.733. The van der Waals surface area contributed by atoms with E-state index in [0.29, 0.717) is 0 Å². The maximum Gasteiger partial charge on any atom is 0.119 e. The number of halogens is 1. The van der Waals surface area contributed by atoms with Crippen LogP contribution < -0.4 is 10.5 Å². The van der Waals surface area contributed by atoms with Gasteiger partial charge in [-0.15, -0.1) is 0 Å². The van der Waals surface area contributed by atoms with Gasteiger partial charge >= 0.3 is 0 Å². The molecular formula is C16H18ClNOS. The Morgan fingerprint density at radius 1 is 1.00 bits per heavy atom. The Kier molecular flexibility index (Phi) is 6.09. The molecule has 2 N–H and O–H groups in total. The molecule has 20 heavy (non-hydrogen) atoms. The van der Waals surface area contributed by atoms with Crippen molar-refractivity contribution in [2.24, 2.45) is 0 Å². The molecule has 0 spiro atoms. The summed E-state index contributed by atoms with van der Waals surface area (Å²) in [5.41, 5.74) is 7.78. The second kappa shape index (κ2) is 8.08. The Hall–Kier alpha value is -1.32. The van der Waals surface area contributed by atoms with Gasteiger partial charge in [0.25, 0.3) is 0 Å². The van der Waals surface area contributed by atoms with E-state index in [9.17, 15) is 0 Å². The van der Waals surface area contributed by atoms with Gasteiger partial charge in [0.2, 0.25) is 0 Å². The van der Waals surface area contributed by atoms with Gasteiger partial charge in [-0.2, -0.15) is 11.8 Å². The van der Waals surface area contributed by atoms with Crippen LogP contribution >= 0.6 is 23.4 Å². The van der Waals surface area contributed by atoms with Crippen molar-refractivity contribution in [3.05, 3.63) is 59.1 Å². The molecular weight excluding hydrogens is 290 g/mol. The van der Waals surface area contributed by atoms with Gasteiger partial charge in [-0.05, 0) is 54.1 Å². The molecule has 0 aliphatic heterocycles. The molecule has 4 heteroatoms. The van der Waals surface area contributed by atoms with E-state index in [1.54, 1.807) is 0 Å². The van der Waals surface area contributed by atoms with Crippen LogP contribution in [0.1, 0.15) is 12.0 Å². The van der Waals surface area contributed by atoms with Gasteiger partial charge in [0.1, 0.15) is 5.75 Å². The highest BCUT2D eigenvalue weighted by atomic mass is 35.5. The number of anilines is 1. The van der Waals surface area contributed by atoms with Crippen LogP contribution in [0.4, 0.5) is 5.69 Å². The van der Waals surface area contributed by atoms with E-state index in [1.165, 1.54) is 5.56 Å². The highest BCUT2D eigenvalue weighted by Gasteiger charge is 1.96. The molecule has 0 fully saturated rings. The number of thioether (sulfide) groups is 1. The number of hydrogen-bond acceptors (Lipinski definition) is 3. The molecule has 0 radical (unpaired) electrons. The van der Waals surface area contributed by atoms with Crippen molar-refractivity contribution in [3.8, 4) is 5.75 Å². The van der Waals surface area contributed by atoms with E-state index < -0.39 is 0 Å². The predicted molar refractivity (Wildman–Crippen MR) is 88.6 cm³/mol. The smallest absolute Gasteiger partial charge is 0.119 e. The Morgan fingerprint density at radius 3 is 2.40 bits per heavy atom. The molecule has 2 rings (SSSR count). The number of nitrogen functional groups attached to an aromatic ring is 1. The summed E-state index contributed by atoms with van der Waals surface area (Å²) in [5, 5.41) is 0.733. The van der Waals surface area contributed by atoms with Gasteiger partial charge in [0.05, 0.1) is 6.61 Å². The topological polar surface area (TPSA) is 35.2 Å². The average molecular weight is 308 g/mol. The summed E-state index contributed by atoms with van der Waals surface area (Å²) >= 11 is 7.72. The van der Waals surface area contributed by atoms with Gasteiger partial charge in [0.15, 0.2) is 0 Å². The van der Waals surface area contributed by atoms with E-state index in [2.05, 4.69) is 12.1 Å². The molecule has 0 bridgehead atoms. The summed E-state index contributed by atoms with van der Waals surface area (Å²) in [4.78, 5) is 0.